The van der Waals surface area contributed by atoms with Gasteiger partial charge < -0.3 is 4.74 Å². The molecule has 0 spiro atoms. The van der Waals surface area contributed by atoms with Gasteiger partial charge in [0.25, 0.3) is 0 Å². The van der Waals surface area contributed by atoms with E-state index in [0.717, 1.165) is 16.9 Å². The molecule has 1 aromatic rings. The summed E-state index contributed by atoms with van der Waals surface area (Å²) >= 11 is 0. The van der Waals surface area contributed by atoms with E-state index in [-0.39, 0.29) is 0 Å². The predicted molar refractivity (Wildman–Crippen MR) is 58.9 cm³/mol. The van der Waals surface area contributed by atoms with Crippen molar-refractivity contribution in [2.45, 2.75) is 26.3 Å². The largest absolute Gasteiger partial charge is 0.496 e. The number of aliphatic imine (C=N–C) groups is 1. The molecule has 1 rings (SSSR count). The van der Waals surface area contributed by atoms with Gasteiger partial charge in [-0.1, -0.05) is 26.0 Å². The van der Waals surface area contributed by atoms with E-state index in [0.29, 0.717) is 12.5 Å². The molecule has 0 atom stereocenters. The van der Waals surface area contributed by atoms with Crippen LogP contribution in [0.5, 0.6) is 5.75 Å². The number of methoxy groups -OCH3 is 1. The van der Waals surface area contributed by atoms with E-state index in [2.05, 4.69) is 18.8 Å². The molecule has 1 aromatic carbocycles. The van der Waals surface area contributed by atoms with Crippen molar-refractivity contribution in [1.29, 1.82) is 0 Å². The van der Waals surface area contributed by atoms with Crippen molar-refractivity contribution in [2.75, 3.05) is 7.11 Å². The zero-order valence-electron chi connectivity index (χ0n) is 9.28. The summed E-state index contributed by atoms with van der Waals surface area (Å²) in [5.41, 5.74) is 2.13. The second-order valence-corrected chi connectivity index (χ2v) is 3.60. The average Bonchev–Trinajstić information content (AvgIpc) is 2.25. The maximum atomic E-state index is 10.1. The van der Waals surface area contributed by atoms with Crippen LogP contribution in [0.1, 0.15) is 30.9 Å². The van der Waals surface area contributed by atoms with Crippen molar-refractivity contribution in [3.63, 3.8) is 0 Å². The minimum atomic E-state index is 0.345. The second kappa shape index (κ2) is 5.32. The molecule has 0 N–H and O–H groups in total. The molecule has 0 saturated carbocycles. The van der Waals surface area contributed by atoms with Gasteiger partial charge in [-0.2, -0.15) is 0 Å². The lowest BCUT2D eigenvalue weighted by Gasteiger charge is -2.15. The quantitative estimate of drug-likeness (QED) is 0.560. The smallest absolute Gasteiger partial charge is 0.235 e. The summed E-state index contributed by atoms with van der Waals surface area (Å²) in [4.78, 5) is 13.7. The Morgan fingerprint density at radius 3 is 2.73 bits per heavy atom. The average molecular weight is 205 g/mol. The Kier molecular flexibility index (Phi) is 4.07. The summed E-state index contributed by atoms with van der Waals surface area (Å²) in [7, 11) is 1.65. The summed E-state index contributed by atoms with van der Waals surface area (Å²) < 4.78 is 5.29. The zero-order valence-corrected chi connectivity index (χ0v) is 9.28. The molecule has 0 unspecified atom stereocenters. The van der Waals surface area contributed by atoms with Crippen LogP contribution < -0.4 is 4.74 Å². The molecule has 3 nitrogen and oxygen atoms in total. The van der Waals surface area contributed by atoms with E-state index < -0.39 is 0 Å². The van der Waals surface area contributed by atoms with Gasteiger partial charge in [-0.05, 0) is 17.5 Å². The minimum Gasteiger partial charge on any atom is -0.496 e. The zero-order chi connectivity index (χ0) is 11.3. The van der Waals surface area contributed by atoms with Crippen LogP contribution in [0.3, 0.4) is 0 Å². The van der Waals surface area contributed by atoms with E-state index in [1.807, 2.05) is 18.2 Å². The van der Waals surface area contributed by atoms with Gasteiger partial charge in [-0.25, -0.2) is 9.79 Å². The minimum absolute atomic E-state index is 0.345. The van der Waals surface area contributed by atoms with Crippen LogP contribution in [-0.4, -0.2) is 13.2 Å². The fourth-order valence-electron chi connectivity index (χ4n) is 1.68. The highest BCUT2D eigenvalue weighted by Crippen LogP contribution is 2.30. The number of benzene rings is 1. The first kappa shape index (κ1) is 11.5. The van der Waals surface area contributed by atoms with Gasteiger partial charge in [0.15, 0.2) is 0 Å². The normalized spacial score (nSPS) is 9.87. The van der Waals surface area contributed by atoms with E-state index in [4.69, 9.17) is 4.74 Å². The van der Waals surface area contributed by atoms with Gasteiger partial charge in [0.05, 0.1) is 13.7 Å². The molecule has 15 heavy (non-hydrogen) atoms. The van der Waals surface area contributed by atoms with Crippen LogP contribution >= 0.6 is 0 Å². The van der Waals surface area contributed by atoms with Crippen LogP contribution in [-0.2, 0) is 11.3 Å². The number of rotatable bonds is 4. The van der Waals surface area contributed by atoms with Crippen LogP contribution in [0.15, 0.2) is 23.2 Å². The summed E-state index contributed by atoms with van der Waals surface area (Å²) in [6, 6.07) is 5.78. The highest BCUT2D eigenvalue weighted by atomic mass is 16.5. The van der Waals surface area contributed by atoms with Gasteiger partial charge >= 0.3 is 0 Å². The van der Waals surface area contributed by atoms with Gasteiger partial charge in [-0.15, -0.1) is 0 Å². The monoisotopic (exact) mass is 205 g/mol. The summed E-state index contributed by atoms with van der Waals surface area (Å²) in [5.74, 6) is 1.20. The Morgan fingerprint density at radius 2 is 2.20 bits per heavy atom. The van der Waals surface area contributed by atoms with Crippen molar-refractivity contribution in [2.24, 2.45) is 4.99 Å². The van der Waals surface area contributed by atoms with Crippen molar-refractivity contribution in [3.8, 4) is 5.75 Å². The highest BCUT2D eigenvalue weighted by molar-refractivity contribution is 5.43. The summed E-state index contributed by atoms with van der Waals surface area (Å²) in [5, 5.41) is 0. The van der Waals surface area contributed by atoms with Crippen molar-refractivity contribution in [3.05, 3.63) is 29.3 Å². The number of isocyanates is 1. The Labute approximate surface area is 89.8 Å². The molecular formula is C12H15NO2. The number of hydrogen-bond acceptors (Lipinski definition) is 3. The lowest BCUT2D eigenvalue weighted by molar-refractivity contribution is 0.406. The molecule has 80 valence electrons. The molecule has 0 aliphatic carbocycles. The fourth-order valence-corrected chi connectivity index (χ4v) is 1.68. The molecule has 3 heteroatoms. The number of ether oxygens (including phenoxy) is 1. The van der Waals surface area contributed by atoms with Crippen molar-refractivity contribution in [1.82, 2.24) is 0 Å². The third-order valence-electron chi connectivity index (χ3n) is 2.27. The molecular weight excluding hydrogens is 190 g/mol. The van der Waals surface area contributed by atoms with E-state index in [1.165, 1.54) is 0 Å². The Balaban J connectivity index is 3.18. The molecule has 0 bridgehead atoms. The van der Waals surface area contributed by atoms with Gasteiger partial charge in [0.1, 0.15) is 5.75 Å². The lowest BCUT2D eigenvalue weighted by atomic mass is 9.96. The maximum absolute atomic E-state index is 10.1. The van der Waals surface area contributed by atoms with Crippen LogP contribution in [0, 0.1) is 0 Å². The first-order valence-corrected chi connectivity index (χ1v) is 4.90. The number of nitrogens with zero attached hydrogens (tertiary/aromatic N) is 1. The molecule has 0 heterocycles. The molecule has 0 radical (unpaired) electrons. The van der Waals surface area contributed by atoms with E-state index >= 15 is 0 Å². The number of hydrogen-bond donors (Lipinski definition) is 0. The number of carbonyl (C=O) groups excluding carboxylic acids is 1. The first-order chi connectivity index (χ1) is 7.20. The summed E-state index contributed by atoms with van der Waals surface area (Å²) in [6.07, 6.45) is 1.55. The first-order valence-electron chi connectivity index (χ1n) is 4.90. The van der Waals surface area contributed by atoms with Crippen molar-refractivity contribution >= 4 is 6.08 Å². The van der Waals surface area contributed by atoms with Crippen LogP contribution in [0.4, 0.5) is 0 Å². The van der Waals surface area contributed by atoms with Crippen LogP contribution in [0.2, 0.25) is 0 Å². The Bertz CT molecular complexity index is 379. The van der Waals surface area contributed by atoms with Crippen LogP contribution in [0.25, 0.3) is 0 Å². The highest BCUT2D eigenvalue weighted by Gasteiger charge is 2.11. The molecule has 0 aliphatic heterocycles. The molecule has 0 amide bonds. The van der Waals surface area contributed by atoms with Gasteiger partial charge in [0, 0.05) is 5.56 Å². The Hall–Kier alpha value is -1.60. The standard InChI is InChI=1S/C12H15NO2/c1-9(2)12-10(7-13-8-14)5-4-6-11(12)15-3/h4-6,9H,7H2,1-3H3. The molecule has 0 aliphatic rings. The lowest BCUT2D eigenvalue weighted by Crippen LogP contribution is -1.99. The molecule has 0 aromatic heterocycles. The second-order valence-electron chi connectivity index (χ2n) is 3.60. The Morgan fingerprint density at radius 1 is 1.47 bits per heavy atom. The van der Waals surface area contributed by atoms with Gasteiger partial charge in [0.2, 0.25) is 6.08 Å². The summed E-state index contributed by atoms with van der Waals surface area (Å²) in [6.45, 7) is 4.55. The van der Waals surface area contributed by atoms with E-state index in [1.54, 1.807) is 13.2 Å². The molecule has 0 saturated heterocycles. The third kappa shape index (κ3) is 2.67. The fraction of sp³-hybridized carbons (Fsp3) is 0.417. The maximum Gasteiger partial charge on any atom is 0.235 e. The molecule has 0 fully saturated rings. The predicted octanol–water partition coefficient (Wildman–Crippen LogP) is 2.65. The van der Waals surface area contributed by atoms with Crippen molar-refractivity contribution < 1.29 is 9.53 Å². The third-order valence-corrected chi connectivity index (χ3v) is 2.27. The van der Waals surface area contributed by atoms with E-state index in [9.17, 15) is 4.79 Å². The van der Waals surface area contributed by atoms with Gasteiger partial charge in [-0.3, -0.25) is 0 Å². The topological polar surface area (TPSA) is 38.7 Å². The SMILES string of the molecule is COc1cccc(CN=C=O)c1C(C)C.